The fourth-order valence-corrected chi connectivity index (χ4v) is 2.06. The minimum Gasteiger partial charge on any atom is -0.460 e. The molecule has 0 aromatic rings. The molecule has 14 heavy (non-hydrogen) atoms. The molecule has 2 rings (SSSR count). The second-order valence-electron chi connectivity index (χ2n) is 3.27. The highest BCUT2D eigenvalue weighted by Gasteiger charge is 2.50. The lowest BCUT2D eigenvalue weighted by atomic mass is 10.1. The van der Waals surface area contributed by atoms with Crippen molar-refractivity contribution in [2.45, 2.75) is 24.5 Å². The highest BCUT2D eigenvalue weighted by Crippen LogP contribution is 2.28. The molecule has 0 aromatic carbocycles. The van der Waals surface area contributed by atoms with Crippen molar-refractivity contribution in [2.75, 3.05) is 20.8 Å². The van der Waals surface area contributed by atoms with E-state index >= 15 is 0 Å². The van der Waals surface area contributed by atoms with Gasteiger partial charge in [-0.15, -0.1) is 0 Å². The van der Waals surface area contributed by atoms with Gasteiger partial charge in [-0.05, 0) is 12.2 Å². The highest BCUT2D eigenvalue weighted by molar-refractivity contribution is 7.80. The molecule has 0 aliphatic carbocycles. The van der Waals surface area contributed by atoms with Gasteiger partial charge in [0, 0.05) is 14.2 Å². The predicted molar refractivity (Wildman–Crippen MR) is 51.9 cm³/mol. The van der Waals surface area contributed by atoms with Crippen LogP contribution < -0.4 is 5.32 Å². The highest BCUT2D eigenvalue weighted by atomic mass is 32.1. The Labute approximate surface area is 87.6 Å². The molecule has 2 heterocycles. The molecule has 0 bridgehead atoms. The van der Waals surface area contributed by atoms with E-state index in [0.717, 1.165) is 0 Å². The topological polar surface area (TPSA) is 49.0 Å². The van der Waals surface area contributed by atoms with E-state index in [-0.39, 0.29) is 24.5 Å². The standard InChI is InChI=1S/C8H13NO4S/c1-10-3-4-5(11-2)6-7(12-4)9-8(14)13-6/h4-7H,3H2,1-2H3,(H,9,14)/t4-,5+,6-,7+/m1/s1. The number of thiocarbonyl (C=S) groups is 1. The first-order valence-corrected chi connectivity index (χ1v) is 4.81. The molecule has 2 aliphatic heterocycles. The van der Waals surface area contributed by atoms with Crippen molar-refractivity contribution in [1.82, 2.24) is 5.32 Å². The van der Waals surface area contributed by atoms with Crippen LogP contribution in [0.5, 0.6) is 0 Å². The second-order valence-corrected chi connectivity index (χ2v) is 3.64. The molecule has 0 saturated carbocycles. The van der Waals surface area contributed by atoms with Crippen LogP contribution in [-0.4, -0.2) is 50.5 Å². The number of hydrogen-bond acceptors (Lipinski definition) is 5. The third-order valence-corrected chi connectivity index (χ3v) is 2.63. The normalized spacial score (nSPS) is 40.6. The zero-order valence-corrected chi connectivity index (χ0v) is 8.87. The van der Waals surface area contributed by atoms with E-state index in [2.05, 4.69) is 5.32 Å². The van der Waals surface area contributed by atoms with Gasteiger partial charge >= 0.3 is 0 Å². The minimum absolute atomic E-state index is 0.101. The average molecular weight is 219 g/mol. The Kier molecular flexibility index (Phi) is 2.87. The van der Waals surface area contributed by atoms with Gasteiger partial charge in [-0.3, -0.25) is 0 Å². The molecule has 0 spiro atoms. The summed E-state index contributed by atoms with van der Waals surface area (Å²) in [7, 11) is 3.26. The number of nitrogens with one attached hydrogen (secondary N) is 1. The van der Waals surface area contributed by atoms with E-state index in [9.17, 15) is 0 Å². The van der Waals surface area contributed by atoms with Gasteiger partial charge in [0.2, 0.25) is 0 Å². The Morgan fingerprint density at radius 1 is 1.50 bits per heavy atom. The van der Waals surface area contributed by atoms with Crippen molar-refractivity contribution in [3.63, 3.8) is 0 Å². The third-order valence-electron chi connectivity index (χ3n) is 2.42. The quantitative estimate of drug-likeness (QED) is 0.655. The Balaban J connectivity index is 2.04. The molecule has 4 atom stereocenters. The maximum absolute atomic E-state index is 5.63. The summed E-state index contributed by atoms with van der Waals surface area (Å²) in [4.78, 5) is 0. The van der Waals surface area contributed by atoms with Crippen molar-refractivity contribution in [3.05, 3.63) is 0 Å². The largest absolute Gasteiger partial charge is 0.460 e. The molecule has 1 N–H and O–H groups in total. The summed E-state index contributed by atoms with van der Waals surface area (Å²) < 4.78 is 21.3. The van der Waals surface area contributed by atoms with Crippen LogP contribution in [0.4, 0.5) is 0 Å². The van der Waals surface area contributed by atoms with Crippen LogP contribution in [0.1, 0.15) is 0 Å². The third kappa shape index (κ3) is 1.58. The lowest BCUT2D eigenvalue weighted by molar-refractivity contribution is -0.0505. The maximum atomic E-state index is 5.63. The number of hydrogen-bond donors (Lipinski definition) is 1. The molecular weight excluding hydrogens is 206 g/mol. The first-order valence-electron chi connectivity index (χ1n) is 4.40. The molecule has 0 unspecified atom stereocenters. The summed E-state index contributed by atoms with van der Waals surface area (Å²) in [5.74, 6) is 0. The monoisotopic (exact) mass is 219 g/mol. The van der Waals surface area contributed by atoms with E-state index in [1.807, 2.05) is 0 Å². The van der Waals surface area contributed by atoms with Crippen molar-refractivity contribution >= 4 is 17.4 Å². The fraction of sp³-hybridized carbons (Fsp3) is 0.875. The Hall–Kier alpha value is -0.430. The molecular formula is C8H13NO4S. The van der Waals surface area contributed by atoms with Gasteiger partial charge in [0.15, 0.2) is 12.3 Å². The van der Waals surface area contributed by atoms with Crippen LogP contribution in [0.2, 0.25) is 0 Å². The minimum atomic E-state index is -0.201. The zero-order chi connectivity index (χ0) is 10.1. The van der Waals surface area contributed by atoms with Crippen LogP contribution in [0.25, 0.3) is 0 Å². The van der Waals surface area contributed by atoms with Crippen molar-refractivity contribution in [2.24, 2.45) is 0 Å². The Morgan fingerprint density at radius 3 is 2.93 bits per heavy atom. The molecule has 2 aliphatic rings. The molecule has 2 saturated heterocycles. The smallest absolute Gasteiger partial charge is 0.259 e. The number of methoxy groups -OCH3 is 2. The van der Waals surface area contributed by atoms with E-state index in [1.165, 1.54) is 0 Å². The summed E-state index contributed by atoms with van der Waals surface area (Å²) >= 11 is 4.88. The summed E-state index contributed by atoms with van der Waals surface area (Å²) in [6, 6.07) is 0. The average Bonchev–Trinajstić information content (AvgIpc) is 2.61. The first kappa shape index (κ1) is 10.1. The fourth-order valence-electron chi connectivity index (χ4n) is 1.83. The van der Waals surface area contributed by atoms with E-state index in [4.69, 9.17) is 31.2 Å². The van der Waals surface area contributed by atoms with Crippen LogP contribution in [0, 0.1) is 0 Å². The lowest BCUT2D eigenvalue weighted by Crippen LogP contribution is -2.36. The molecule has 80 valence electrons. The molecule has 0 aromatic heterocycles. The van der Waals surface area contributed by atoms with Crippen LogP contribution >= 0.6 is 12.2 Å². The summed E-state index contributed by atoms with van der Waals surface area (Å²) in [5.41, 5.74) is 0. The van der Waals surface area contributed by atoms with Gasteiger partial charge in [0.05, 0.1) is 6.61 Å². The summed E-state index contributed by atoms with van der Waals surface area (Å²) in [5, 5.41) is 3.29. The summed E-state index contributed by atoms with van der Waals surface area (Å²) in [6.45, 7) is 0.489. The molecule has 5 nitrogen and oxygen atoms in total. The van der Waals surface area contributed by atoms with Gasteiger partial charge in [-0.1, -0.05) is 0 Å². The van der Waals surface area contributed by atoms with Crippen LogP contribution in [-0.2, 0) is 18.9 Å². The van der Waals surface area contributed by atoms with Gasteiger partial charge in [0.1, 0.15) is 12.2 Å². The predicted octanol–water partition coefficient (Wildman–Crippen LogP) is -0.354. The zero-order valence-electron chi connectivity index (χ0n) is 8.06. The van der Waals surface area contributed by atoms with Gasteiger partial charge in [-0.25, -0.2) is 0 Å². The molecule has 0 radical (unpaired) electrons. The van der Waals surface area contributed by atoms with E-state index < -0.39 is 0 Å². The SMILES string of the molecule is COC[C@H]1O[C@@H]2NC(=S)O[C@@H]2[C@H]1OC. The van der Waals surface area contributed by atoms with Crippen molar-refractivity contribution in [3.8, 4) is 0 Å². The number of rotatable bonds is 3. The van der Waals surface area contributed by atoms with Gasteiger partial charge in [0.25, 0.3) is 5.17 Å². The van der Waals surface area contributed by atoms with Crippen LogP contribution in [0.3, 0.4) is 0 Å². The lowest BCUT2D eigenvalue weighted by Gasteiger charge is -2.19. The van der Waals surface area contributed by atoms with E-state index in [0.29, 0.717) is 11.8 Å². The van der Waals surface area contributed by atoms with E-state index in [1.54, 1.807) is 14.2 Å². The number of fused-ring (bicyclic) bond motifs is 1. The molecule has 2 fully saturated rings. The van der Waals surface area contributed by atoms with Crippen molar-refractivity contribution in [1.29, 1.82) is 0 Å². The molecule has 0 amide bonds. The van der Waals surface area contributed by atoms with Crippen LogP contribution in [0.15, 0.2) is 0 Å². The first-order chi connectivity index (χ1) is 6.76. The number of ether oxygens (including phenoxy) is 4. The summed E-state index contributed by atoms with van der Waals surface area (Å²) in [6.07, 6.45) is -0.594. The molecule has 6 heteroatoms. The van der Waals surface area contributed by atoms with Gasteiger partial charge < -0.3 is 24.3 Å². The van der Waals surface area contributed by atoms with Crippen molar-refractivity contribution < 1.29 is 18.9 Å². The second kappa shape index (κ2) is 3.98. The Bertz CT molecular complexity index is 237. The Morgan fingerprint density at radius 2 is 2.29 bits per heavy atom. The maximum Gasteiger partial charge on any atom is 0.259 e. The van der Waals surface area contributed by atoms with Gasteiger partial charge in [-0.2, -0.15) is 0 Å².